The first-order valence-electron chi connectivity index (χ1n) is 6.59. The molecule has 5 nitrogen and oxygen atoms in total. The van der Waals surface area contributed by atoms with Crippen LogP contribution in [0.25, 0.3) is 0 Å². The van der Waals surface area contributed by atoms with Gasteiger partial charge in [0.25, 0.3) is 0 Å². The maximum Gasteiger partial charge on any atom is 0.231 e. The van der Waals surface area contributed by atoms with Crippen LogP contribution in [0.3, 0.4) is 0 Å². The molecule has 1 heterocycles. The summed E-state index contributed by atoms with van der Waals surface area (Å²) in [6, 6.07) is 3.03. The Morgan fingerprint density at radius 3 is 2.48 bits per heavy atom. The molecule has 114 valence electrons. The number of nitrogens with two attached hydrogens (primary N) is 1. The highest BCUT2D eigenvalue weighted by atomic mass is 19.1. The van der Waals surface area contributed by atoms with E-state index in [2.05, 4.69) is 10.1 Å². The van der Waals surface area contributed by atoms with Crippen molar-refractivity contribution in [1.29, 1.82) is 0 Å². The Morgan fingerprint density at radius 1 is 1.29 bits per heavy atom. The average Bonchev–Trinajstić information content (AvgIpc) is 2.90. The molecule has 2 aromatic rings. The van der Waals surface area contributed by atoms with Gasteiger partial charge in [0.05, 0.1) is 6.42 Å². The lowest BCUT2D eigenvalue weighted by molar-refractivity contribution is 0.114. The lowest BCUT2D eigenvalue weighted by Gasteiger charge is -2.18. The first kappa shape index (κ1) is 15.5. The van der Waals surface area contributed by atoms with E-state index >= 15 is 0 Å². The minimum absolute atomic E-state index is 0.0166. The van der Waals surface area contributed by atoms with Gasteiger partial charge in [0.2, 0.25) is 11.7 Å². The second-order valence-electron chi connectivity index (χ2n) is 5.19. The van der Waals surface area contributed by atoms with E-state index in [9.17, 15) is 13.9 Å². The third-order valence-electron chi connectivity index (χ3n) is 3.27. The van der Waals surface area contributed by atoms with Gasteiger partial charge in [0.1, 0.15) is 17.7 Å². The Labute approximate surface area is 120 Å². The summed E-state index contributed by atoms with van der Waals surface area (Å²) < 4.78 is 32.0. The average molecular weight is 297 g/mol. The number of benzene rings is 1. The fourth-order valence-electron chi connectivity index (χ4n) is 1.85. The molecule has 1 unspecified atom stereocenters. The maximum atomic E-state index is 13.5. The van der Waals surface area contributed by atoms with Gasteiger partial charge in [-0.2, -0.15) is 4.98 Å². The van der Waals surface area contributed by atoms with Gasteiger partial charge in [-0.05, 0) is 18.1 Å². The van der Waals surface area contributed by atoms with Crippen LogP contribution in [0.1, 0.15) is 37.2 Å². The fraction of sp³-hybridized carbons (Fsp3) is 0.429. The highest BCUT2D eigenvalue weighted by Gasteiger charge is 2.25. The molecule has 0 amide bonds. The van der Waals surface area contributed by atoms with Gasteiger partial charge in [-0.15, -0.1) is 0 Å². The zero-order valence-electron chi connectivity index (χ0n) is 11.8. The van der Waals surface area contributed by atoms with Crippen molar-refractivity contribution in [3.05, 3.63) is 47.1 Å². The topological polar surface area (TPSA) is 85.2 Å². The summed E-state index contributed by atoms with van der Waals surface area (Å²) in [4.78, 5) is 3.95. The number of aliphatic hydroxyl groups excluding tert-OH is 1. The molecular formula is C14H17F2N3O2. The molecule has 0 aliphatic carbocycles. The van der Waals surface area contributed by atoms with Crippen LogP contribution in [0.5, 0.6) is 0 Å². The minimum Gasteiger partial charge on any atom is -0.383 e. The van der Waals surface area contributed by atoms with Crippen LogP contribution in [0.2, 0.25) is 0 Å². The molecule has 2 atom stereocenters. The van der Waals surface area contributed by atoms with Crippen LogP contribution >= 0.6 is 0 Å². The Hall–Kier alpha value is -1.86. The number of nitrogens with zero attached hydrogens (tertiary/aromatic N) is 2. The summed E-state index contributed by atoms with van der Waals surface area (Å²) in [6.07, 6.45) is -1.28. The highest BCUT2D eigenvalue weighted by Crippen LogP contribution is 2.20. The lowest BCUT2D eigenvalue weighted by Crippen LogP contribution is -2.34. The fourth-order valence-corrected chi connectivity index (χ4v) is 1.85. The molecule has 0 saturated heterocycles. The summed E-state index contributed by atoms with van der Waals surface area (Å²) in [5.41, 5.74) is 5.65. The molecule has 0 spiro atoms. The minimum atomic E-state index is -1.09. The molecule has 0 radical (unpaired) electrons. The number of aliphatic hydroxyl groups is 1. The zero-order valence-corrected chi connectivity index (χ0v) is 11.8. The van der Waals surface area contributed by atoms with Crippen molar-refractivity contribution in [1.82, 2.24) is 10.1 Å². The summed E-state index contributed by atoms with van der Waals surface area (Å²) in [5.74, 6) is -1.32. The van der Waals surface area contributed by atoms with E-state index in [0.29, 0.717) is 0 Å². The van der Waals surface area contributed by atoms with Crippen LogP contribution in [-0.4, -0.2) is 21.3 Å². The van der Waals surface area contributed by atoms with Crippen LogP contribution < -0.4 is 5.73 Å². The normalized spacial score (nSPS) is 14.4. The van der Waals surface area contributed by atoms with Crippen LogP contribution in [0.4, 0.5) is 8.78 Å². The van der Waals surface area contributed by atoms with E-state index in [1.807, 2.05) is 13.8 Å². The van der Waals surface area contributed by atoms with Gasteiger partial charge in [-0.1, -0.05) is 25.1 Å². The second-order valence-corrected chi connectivity index (χ2v) is 5.19. The molecule has 3 N–H and O–H groups in total. The summed E-state index contributed by atoms with van der Waals surface area (Å²) in [5, 5.41) is 13.6. The highest BCUT2D eigenvalue weighted by molar-refractivity contribution is 5.22. The third-order valence-corrected chi connectivity index (χ3v) is 3.27. The van der Waals surface area contributed by atoms with Gasteiger partial charge >= 0.3 is 0 Å². The Balaban J connectivity index is 2.17. The summed E-state index contributed by atoms with van der Waals surface area (Å²) in [6.45, 7) is 3.70. The van der Waals surface area contributed by atoms with E-state index in [0.717, 1.165) is 12.1 Å². The van der Waals surface area contributed by atoms with Gasteiger partial charge in [-0.3, -0.25) is 0 Å². The summed E-state index contributed by atoms with van der Waals surface area (Å²) >= 11 is 0. The molecule has 0 saturated carbocycles. The smallest absolute Gasteiger partial charge is 0.231 e. The predicted molar refractivity (Wildman–Crippen MR) is 71.2 cm³/mol. The van der Waals surface area contributed by atoms with Crippen molar-refractivity contribution in [2.75, 3.05) is 0 Å². The van der Waals surface area contributed by atoms with Gasteiger partial charge < -0.3 is 15.4 Å². The lowest BCUT2D eigenvalue weighted by atomic mass is 9.99. The monoisotopic (exact) mass is 297 g/mol. The SMILES string of the molecule is CC(C)[C@H](N)C(O)c1noc(Cc2c(F)cccc2F)n1. The van der Waals surface area contributed by atoms with E-state index in [-0.39, 0.29) is 29.6 Å². The summed E-state index contributed by atoms with van der Waals surface area (Å²) in [7, 11) is 0. The second kappa shape index (κ2) is 6.28. The number of rotatable bonds is 5. The largest absolute Gasteiger partial charge is 0.383 e. The van der Waals surface area contributed by atoms with Crippen LogP contribution in [0, 0.1) is 17.6 Å². The van der Waals surface area contributed by atoms with E-state index < -0.39 is 23.8 Å². The van der Waals surface area contributed by atoms with Crippen LogP contribution in [0.15, 0.2) is 22.7 Å². The van der Waals surface area contributed by atoms with Crippen molar-refractivity contribution >= 4 is 0 Å². The molecule has 0 aliphatic rings. The zero-order chi connectivity index (χ0) is 15.6. The van der Waals surface area contributed by atoms with Gasteiger partial charge in [0.15, 0.2) is 0 Å². The number of hydrogen-bond donors (Lipinski definition) is 2. The maximum absolute atomic E-state index is 13.5. The van der Waals surface area contributed by atoms with E-state index in [1.165, 1.54) is 6.07 Å². The van der Waals surface area contributed by atoms with E-state index in [1.54, 1.807) is 0 Å². The molecular weight excluding hydrogens is 280 g/mol. The first-order valence-corrected chi connectivity index (χ1v) is 6.59. The Morgan fingerprint density at radius 2 is 1.90 bits per heavy atom. The van der Waals surface area contributed by atoms with Crippen molar-refractivity contribution in [3.63, 3.8) is 0 Å². The molecule has 21 heavy (non-hydrogen) atoms. The van der Waals surface area contributed by atoms with Crippen LogP contribution in [-0.2, 0) is 6.42 Å². The molecule has 0 bridgehead atoms. The van der Waals surface area contributed by atoms with Crippen molar-refractivity contribution < 1.29 is 18.4 Å². The quantitative estimate of drug-likeness (QED) is 0.881. The molecule has 1 aromatic heterocycles. The number of aromatic nitrogens is 2. The van der Waals surface area contributed by atoms with Crippen molar-refractivity contribution in [3.8, 4) is 0 Å². The molecule has 1 aromatic carbocycles. The van der Waals surface area contributed by atoms with Crippen molar-refractivity contribution in [2.45, 2.75) is 32.4 Å². The Bertz CT molecular complexity index is 596. The standard InChI is InChI=1S/C14H17F2N3O2/c1-7(2)12(17)13(20)14-18-11(21-19-14)6-8-9(15)4-3-5-10(8)16/h3-5,7,12-13,20H,6,17H2,1-2H3/t12-,13?/m0/s1. The number of halogens is 2. The van der Waals surface area contributed by atoms with Gasteiger partial charge in [0, 0.05) is 11.6 Å². The molecule has 0 aliphatic heterocycles. The molecule has 2 rings (SSSR count). The first-order chi connectivity index (χ1) is 9.90. The van der Waals surface area contributed by atoms with Gasteiger partial charge in [-0.25, -0.2) is 8.78 Å². The van der Waals surface area contributed by atoms with E-state index in [4.69, 9.17) is 10.3 Å². The third kappa shape index (κ3) is 3.43. The number of hydrogen-bond acceptors (Lipinski definition) is 5. The molecule has 7 heteroatoms. The van der Waals surface area contributed by atoms with Crippen molar-refractivity contribution in [2.24, 2.45) is 11.7 Å². The molecule has 0 fully saturated rings. The Kier molecular flexibility index (Phi) is 4.64. The predicted octanol–water partition coefficient (Wildman–Crippen LogP) is 1.96.